The zero-order valence-corrected chi connectivity index (χ0v) is 24.7. The predicted molar refractivity (Wildman–Crippen MR) is 158 cm³/mol. The number of anilines is 1. The fraction of sp³-hybridized carbons (Fsp3) is 0.531. The zero-order chi connectivity index (χ0) is 29.8. The van der Waals surface area contributed by atoms with Crippen molar-refractivity contribution >= 4 is 24.1 Å². The molecule has 4 rings (SSSR count). The number of nitrogens with one attached hydrogen (secondary N) is 2. The molecule has 10 heteroatoms. The first-order valence-corrected chi connectivity index (χ1v) is 14.9. The zero-order valence-electron chi connectivity index (χ0n) is 24.7. The topological polar surface area (TPSA) is 115 Å². The molecule has 10 nitrogen and oxygen atoms in total. The van der Waals surface area contributed by atoms with E-state index >= 15 is 0 Å². The summed E-state index contributed by atoms with van der Waals surface area (Å²) in [6.07, 6.45) is 6.85. The third-order valence-corrected chi connectivity index (χ3v) is 7.35. The minimum atomic E-state index is -0.642. The van der Waals surface area contributed by atoms with Crippen LogP contribution < -0.4 is 20.3 Å². The quantitative estimate of drug-likeness (QED) is 0.147. The summed E-state index contributed by atoms with van der Waals surface area (Å²) in [5, 5.41) is 5.96. The molecule has 0 radical (unpaired) electrons. The van der Waals surface area contributed by atoms with E-state index in [1.165, 1.54) is 4.90 Å². The Morgan fingerprint density at radius 2 is 1.86 bits per heavy atom. The van der Waals surface area contributed by atoms with Gasteiger partial charge < -0.3 is 29.6 Å². The van der Waals surface area contributed by atoms with E-state index in [-0.39, 0.29) is 24.6 Å². The molecule has 42 heavy (non-hydrogen) atoms. The average Bonchev–Trinajstić information content (AvgIpc) is 3.31. The number of imide groups is 1. The van der Waals surface area contributed by atoms with Gasteiger partial charge in [-0.2, -0.15) is 0 Å². The first-order chi connectivity index (χ1) is 20.4. The van der Waals surface area contributed by atoms with E-state index in [9.17, 15) is 14.4 Å². The number of rotatable bonds is 18. The maximum absolute atomic E-state index is 11.9. The minimum absolute atomic E-state index is 0.0502. The molecule has 2 aromatic rings. The highest BCUT2D eigenvalue weighted by atomic mass is 16.7. The van der Waals surface area contributed by atoms with Gasteiger partial charge in [-0.1, -0.05) is 37.5 Å². The van der Waals surface area contributed by atoms with Gasteiger partial charge in [0.25, 0.3) is 12.4 Å². The summed E-state index contributed by atoms with van der Waals surface area (Å²) in [7, 11) is 0. The van der Waals surface area contributed by atoms with Crippen LogP contribution in [0.2, 0.25) is 0 Å². The number of carbonyl (C=O) groups is 3. The van der Waals surface area contributed by atoms with E-state index in [1.807, 2.05) is 50.2 Å². The molecule has 0 aromatic heterocycles. The Balaban J connectivity index is 1.02. The number of ether oxygens (including phenoxy) is 4. The molecule has 2 aromatic carbocycles. The highest BCUT2D eigenvalue weighted by Gasteiger charge is 2.30. The van der Waals surface area contributed by atoms with Crippen molar-refractivity contribution in [1.82, 2.24) is 10.6 Å². The average molecular weight is 582 g/mol. The molecule has 0 aliphatic carbocycles. The molecule has 2 aliphatic rings. The van der Waals surface area contributed by atoms with Crippen LogP contribution in [0.4, 0.5) is 10.5 Å². The van der Waals surface area contributed by atoms with Gasteiger partial charge in [-0.15, -0.1) is 0 Å². The van der Waals surface area contributed by atoms with Gasteiger partial charge in [-0.25, -0.2) is 9.69 Å². The van der Waals surface area contributed by atoms with Crippen molar-refractivity contribution in [2.24, 2.45) is 0 Å². The number of fused-ring (bicyclic) bond motifs is 1. The lowest BCUT2D eigenvalue weighted by atomic mass is 10.0. The monoisotopic (exact) mass is 581 g/mol. The molecule has 3 amide bonds. The Morgan fingerprint density at radius 1 is 1.05 bits per heavy atom. The van der Waals surface area contributed by atoms with Crippen molar-refractivity contribution in [1.29, 1.82) is 0 Å². The SMILES string of the molecule is CC1(C)OCc2cc([C@@H](CNCCCCCCCOCCCc3cccc(N4C(=O)CNC4=O)c3)OC=O)ccc2O1. The van der Waals surface area contributed by atoms with Crippen molar-refractivity contribution in [2.75, 3.05) is 37.7 Å². The molecule has 0 spiro atoms. The number of nitrogens with zero attached hydrogens (tertiary/aromatic N) is 1. The molecule has 0 saturated carbocycles. The maximum atomic E-state index is 11.9. The van der Waals surface area contributed by atoms with Gasteiger partial charge in [-0.3, -0.25) is 9.59 Å². The molecule has 2 aliphatic heterocycles. The Morgan fingerprint density at radius 3 is 2.67 bits per heavy atom. The van der Waals surface area contributed by atoms with E-state index in [4.69, 9.17) is 18.9 Å². The number of urea groups is 1. The van der Waals surface area contributed by atoms with Gasteiger partial charge in [0, 0.05) is 39.2 Å². The third kappa shape index (κ3) is 9.27. The first kappa shape index (κ1) is 31.5. The van der Waals surface area contributed by atoms with Crippen LogP contribution in [0.1, 0.15) is 75.2 Å². The molecular weight excluding hydrogens is 538 g/mol. The number of hydrogen-bond acceptors (Lipinski definition) is 8. The van der Waals surface area contributed by atoms with E-state index in [0.717, 1.165) is 80.5 Å². The summed E-state index contributed by atoms with van der Waals surface area (Å²) < 4.78 is 22.7. The van der Waals surface area contributed by atoms with Crippen LogP contribution in [0.15, 0.2) is 42.5 Å². The van der Waals surface area contributed by atoms with Gasteiger partial charge in [-0.05, 0) is 67.6 Å². The molecule has 2 heterocycles. The lowest BCUT2D eigenvalue weighted by Crippen LogP contribution is -2.35. The van der Waals surface area contributed by atoms with Crippen LogP contribution in [0, 0.1) is 0 Å². The molecule has 1 saturated heterocycles. The van der Waals surface area contributed by atoms with E-state index < -0.39 is 5.79 Å². The first-order valence-electron chi connectivity index (χ1n) is 14.9. The molecule has 2 N–H and O–H groups in total. The molecule has 228 valence electrons. The molecule has 0 unspecified atom stereocenters. The second-order valence-corrected chi connectivity index (χ2v) is 11.1. The van der Waals surface area contributed by atoms with Gasteiger partial charge in [0.2, 0.25) is 5.79 Å². The Hall–Kier alpha value is -3.47. The fourth-order valence-corrected chi connectivity index (χ4v) is 5.10. The number of benzene rings is 2. The lowest BCUT2D eigenvalue weighted by molar-refractivity contribution is -0.180. The number of carbonyl (C=O) groups excluding carboxylic acids is 3. The lowest BCUT2D eigenvalue weighted by Gasteiger charge is -2.33. The fourth-order valence-electron chi connectivity index (χ4n) is 5.10. The number of amides is 3. The van der Waals surface area contributed by atoms with Gasteiger partial charge in [0.1, 0.15) is 11.9 Å². The second-order valence-electron chi connectivity index (χ2n) is 11.1. The standard InChI is InChI=1S/C32H43N3O7/c1-32(2)41-22-26-19-25(13-14-28(26)42-32)29(40-23-36)20-33-15-6-4-3-5-7-16-39-17-9-11-24-10-8-12-27(18-24)35-30(37)21-34-31(35)38/h8,10,12-14,18-19,23,29,33H,3-7,9,11,15-17,20-22H2,1-2H3,(H,34,38)/t29-/m1/s1. The summed E-state index contributed by atoms with van der Waals surface area (Å²) in [5.74, 6) is -0.0712. The van der Waals surface area contributed by atoms with E-state index in [1.54, 1.807) is 6.07 Å². The van der Waals surface area contributed by atoms with Gasteiger partial charge in [0.15, 0.2) is 0 Å². The molecule has 1 atom stereocenters. The predicted octanol–water partition coefficient (Wildman–Crippen LogP) is 4.79. The van der Waals surface area contributed by atoms with Crippen molar-refractivity contribution in [3.63, 3.8) is 0 Å². The number of hydrogen-bond donors (Lipinski definition) is 2. The summed E-state index contributed by atoms with van der Waals surface area (Å²) in [6, 6.07) is 13.0. The van der Waals surface area contributed by atoms with Crippen LogP contribution in [-0.4, -0.2) is 57.0 Å². The summed E-state index contributed by atoms with van der Waals surface area (Å²) in [6.45, 7) is 7.63. The van der Waals surface area contributed by atoms with Crippen LogP contribution in [-0.2, 0) is 36.8 Å². The van der Waals surface area contributed by atoms with Crippen LogP contribution >= 0.6 is 0 Å². The third-order valence-electron chi connectivity index (χ3n) is 7.35. The van der Waals surface area contributed by atoms with E-state index in [0.29, 0.717) is 31.9 Å². The Bertz CT molecular complexity index is 1190. The van der Waals surface area contributed by atoms with E-state index in [2.05, 4.69) is 10.6 Å². The highest BCUT2D eigenvalue weighted by Crippen LogP contribution is 2.33. The maximum Gasteiger partial charge on any atom is 0.329 e. The second kappa shape index (κ2) is 15.7. The molecule has 0 bridgehead atoms. The van der Waals surface area contributed by atoms with Crippen LogP contribution in [0.3, 0.4) is 0 Å². The number of unbranched alkanes of at least 4 members (excludes halogenated alkanes) is 4. The summed E-state index contributed by atoms with van der Waals surface area (Å²) in [5.41, 5.74) is 3.56. The van der Waals surface area contributed by atoms with Crippen LogP contribution in [0.25, 0.3) is 0 Å². The highest BCUT2D eigenvalue weighted by molar-refractivity contribution is 6.19. The van der Waals surface area contributed by atoms with Gasteiger partial charge in [0.05, 0.1) is 18.8 Å². The normalized spacial score (nSPS) is 16.5. The van der Waals surface area contributed by atoms with Crippen molar-refractivity contribution in [2.45, 2.75) is 77.3 Å². The Kier molecular flexibility index (Phi) is 11.7. The molecule has 1 fully saturated rings. The molecular formula is C32H43N3O7. The van der Waals surface area contributed by atoms with Crippen molar-refractivity contribution in [3.05, 3.63) is 59.2 Å². The van der Waals surface area contributed by atoms with Crippen LogP contribution in [0.5, 0.6) is 5.75 Å². The minimum Gasteiger partial charge on any atom is -0.463 e. The van der Waals surface area contributed by atoms with Crippen molar-refractivity contribution in [3.8, 4) is 5.75 Å². The summed E-state index contributed by atoms with van der Waals surface area (Å²) >= 11 is 0. The van der Waals surface area contributed by atoms with Gasteiger partial charge >= 0.3 is 6.03 Å². The smallest absolute Gasteiger partial charge is 0.329 e. The summed E-state index contributed by atoms with van der Waals surface area (Å²) in [4.78, 5) is 36.1. The van der Waals surface area contributed by atoms with Crippen molar-refractivity contribution < 1.29 is 33.3 Å². The Labute approximate surface area is 248 Å². The number of aryl methyl sites for hydroxylation is 1. The largest absolute Gasteiger partial charge is 0.463 e.